The largest absolute Gasteiger partial charge is 0.314 e. The van der Waals surface area contributed by atoms with Crippen molar-refractivity contribution >= 4 is 0 Å². The van der Waals surface area contributed by atoms with Crippen molar-refractivity contribution < 1.29 is 4.39 Å². The zero-order chi connectivity index (χ0) is 13.8. The van der Waals surface area contributed by atoms with Crippen molar-refractivity contribution in [2.45, 2.75) is 52.0 Å². The normalized spacial score (nSPS) is 27.7. The predicted molar refractivity (Wildman–Crippen MR) is 78.8 cm³/mol. The van der Waals surface area contributed by atoms with Crippen molar-refractivity contribution in [3.8, 4) is 0 Å². The SMILES string of the molecule is CC1CCC(CNC(C)C)C(c2ccc(F)cc2)C1. The third-order valence-electron chi connectivity index (χ3n) is 4.34. The molecule has 19 heavy (non-hydrogen) atoms. The van der Waals surface area contributed by atoms with E-state index in [9.17, 15) is 4.39 Å². The number of benzene rings is 1. The summed E-state index contributed by atoms with van der Waals surface area (Å²) in [5.41, 5.74) is 1.31. The van der Waals surface area contributed by atoms with E-state index in [4.69, 9.17) is 0 Å². The number of nitrogens with one attached hydrogen (secondary N) is 1. The van der Waals surface area contributed by atoms with E-state index in [1.54, 1.807) is 12.1 Å². The minimum Gasteiger partial charge on any atom is -0.314 e. The fourth-order valence-corrected chi connectivity index (χ4v) is 3.19. The molecule has 1 aromatic rings. The van der Waals surface area contributed by atoms with Crippen LogP contribution in [0, 0.1) is 17.7 Å². The summed E-state index contributed by atoms with van der Waals surface area (Å²) in [7, 11) is 0. The van der Waals surface area contributed by atoms with Gasteiger partial charge in [0.25, 0.3) is 0 Å². The standard InChI is InChI=1S/C17H26FN/c1-12(2)19-11-15-5-4-13(3)10-17(15)14-6-8-16(18)9-7-14/h6-9,12-13,15,17,19H,4-5,10-11H2,1-3H3. The lowest BCUT2D eigenvalue weighted by atomic mass is 9.71. The molecule has 0 bridgehead atoms. The van der Waals surface area contributed by atoms with E-state index in [-0.39, 0.29) is 5.82 Å². The summed E-state index contributed by atoms with van der Waals surface area (Å²) >= 11 is 0. The Morgan fingerprint density at radius 3 is 2.53 bits per heavy atom. The molecule has 0 spiro atoms. The molecule has 106 valence electrons. The lowest BCUT2D eigenvalue weighted by Gasteiger charge is -2.36. The van der Waals surface area contributed by atoms with Gasteiger partial charge in [0.2, 0.25) is 0 Å². The zero-order valence-electron chi connectivity index (χ0n) is 12.3. The van der Waals surface area contributed by atoms with Gasteiger partial charge in [0.15, 0.2) is 0 Å². The van der Waals surface area contributed by atoms with E-state index >= 15 is 0 Å². The highest BCUT2D eigenvalue weighted by atomic mass is 19.1. The van der Waals surface area contributed by atoms with Crippen molar-refractivity contribution in [1.82, 2.24) is 5.32 Å². The molecule has 1 aromatic carbocycles. The molecule has 2 rings (SSSR count). The average molecular weight is 263 g/mol. The summed E-state index contributed by atoms with van der Waals surface area (Å²) in [4.78, 5) is 0. The van der Waals surface area contributed by atoms with Crippen LogP contribution in [0.3, 0.4) is 0 Å². The summed E-state index contributed by atoms with van der Waals surface area (Å²) in [6.45, 7) is 7.80. The minimum atomic E-state index is -0.135. The van der Waals surface area contributed by atoms with Gasteiger partial charge in [0.05, 0.1) is 0 Å². The molecule has 2 heteroatoms. The molecule has 1 nitrogen and oxygen atoms in total. The average Bonchev–Trinajstić information content (AvgIpc) is 2.38. The Labute approximate surface area is 116 Å². The van der Waals surface area contributed by atoms with E-state index in [1.165, 1.54) is 24.8 Å². The van der Waals surface area contributed by atoms with E-state index in [1.807, 2.05) is 12.1 Å². The second-order valence-corrected chi connectivity index (χ2v) is 6.40. The first-order chi connectivity index (χ1) is 9.06. The molecular weight excluding hydrogens is 237 g/mol. The first-order valence-electron chi connectivity index (χ1n) is 7.55. The van der Waals surface area contributed by atoms with Gasteiger partial charge in [-0.05, 0) is 54.8 Å². The van der Waals surface area contributed by atoms with Crippen LogP contribution in [0.1, 0.15) is 51.5 Å². The maximum absolute atomic E-state index is 13.1. The van der Waals surface area contributed by atoms with Gasteiger partial charge in [-0.15, -0.1) is 0 Å². The van der Waals surface area contributed by atoms with E-state index in [0.717, 1.165) is 12.5 Å². The van der Waals surface area contributed by atoms with Crippen LogP contribution in [-0.4, -0.2) is 12.6 Å². The molecule has 0 aromatic heterocycles. The first kappa shape index (κ1) is 14.5. The monoisotopic (exact) mass is 263 g/mol. The summed E-state index contributed by atoms with van der Waals surface area (Å²) in [6, 6.07) is 7.68. The van der Waals surface area contributed by atoms with Crippen LogP contribution < -0.4 is 5.32 Å². The summed E-state index contributed by atoms with van der Waals surface area (Å²) in [5, 5.41) is 3.57. The summed E-state index contributed by atoms with van der Waals surface area (Å²) in [5.74, 6) is 1.91. The van der Waals surface area contributed by atoms with E-state index in [0.29, 0.717) is 17.9 Å². The van der Waals surface area contributed by atoms with Crippen molar-refractivity contribution in [3.63, 3.8) is 0 Å². The fraction of sp³-hybridized carbons (Fsp3) is 0.647. The van der Waals surface area contributed by atoms with Crippen molar-refractivity contribution in [2.24, 2.45) is 11.8 Å². The smallest absolute Gasteiger partial charge is 0.123 e. The molecule has 1 aliphatic rings. The molecule has 1 aliphatic carbocycles. The van der Waals surface area contributed by atoms with Crippen LogP contribution in [0.5, 0.6) is 0 Å². The Bertz CT molecular complexity index is 385. The van der Waals surface area contributed by atoms with Gasteiger partial charge in [0.1, 0.15) is 5.82 Å². The molecular formula is C17H26FN. The van der Waals surface area contributed by atoms with Crippen LogP contribution in [-0.2, 0) is 0 Å². The lowest BCUT2D eigenvalue weighted by molar-refractivity contribution is 0.238. The Morgan fingerprint density at radius 2 is 1.89 bits per heavy atom. The third kappa shape index (κ3) is 4.04. The maximum Gasteiger partial charge on any atom is 0.123 e. The molecule has 1 saturated carbocycles. The van der Waals surface area contributed by atoms with Gasteiger partial charge in [0, 0.05) is 6.04 Å². The number of rotatable bonds is 4. The predicted octanol–water partition coefficient (Wildman–Crippen LogP) is 4.34. The van der Waals surface area contributed by atoms with Gasteiger partial charge < -0.3 is 5.32 Å². The van der Waals surface area contributed by atoms with Crippen LogP contribution in [0.15, 0.2) is 24.3 Å². The molecule has 1 N–H and O–H groups in total. The summed E-state index contributed by atoms with van der Waals surface area (Å²) < 4.78 is 13.1. The molecule has 1 fully saturated rings. The highest BCUT2D eigenvalue weighted by Gasteiger charge is 2.29. The van der Waals surface area contributed by atoms with Crippen LogP contribution >= 0.6 is 0 Å². The van der Waals surface area contributed by atoms with Crippen molar-refractivity contribution in [2.75, 3.05) is 6.54 Å². The molecule has 3 unspecified atom stereocenters. The Morgan fingerprint density at radius 1 is 1.21 bits per heavy atom. The highest BCUT2D eigenvalue weighted by molar-refractivity contribution is 5.22. The van der Waals surface area contributed by atoms with E-state index in [2.05, 4.69) is 26.1 Å². The van der Waals surface area contributed by atoms with Gasteiger partial charge in [-0.3, -0.25) is 0 Å². The fourth-order valence-electron chi connectivity index (χ4n) is 3.19. The van der Waals surface area contributed by atoms with Crippen LogP contribution in [0.25, 0.3) is 0 Å². The Hall–Kier alpha value is -0.890. The number of hydrogen-bond donors (Lipinski definition) is 1. The molecule has 0 aliphatic heterocycles. The van der Waals surface area contributed by atoms with E-state index < -0.39 is 0 Å². The maximum atomic E-state index is 13.1. The number of hydrogen-bond acceptors (Lipinski definition) is 1. The zero-order valence-corrected chi connectivity index (χ0v) is 12.3. The molecule has 0 saturated heterocycles. The summed E-state index contributed by atoms with van der Waals surface area (Å²) in [6.07, 6.45) is 3.83. The van der Waals surface area contributed by atoms with Gasteiger partial charge >= 0.3 is 0 Å². The Balaban J connectivity index is 2.09. The molecule has 0 radical (unpaired) electrons. The van der Waals surface area contributed by atoms with Crippen molar-refractivity contribution in [1.29, 1.82) is 0 Å². The highest BCUT2D eigenvalue weighted by Crippen LogP contribution is 2.40. The minimum absolute atomic E-state index is 0.135. The second kappa shape index (κ2) is 6.51. The third-order valence-corrected chi connectivity index (χ3v) is 4.34. The topological polar surface area (TPSA) is 12.0 Å². The lowest BCUT2D eigenvalue weighted by Crippen LogP contribution is -2.34. The van der Waals surface area contributed by atoms with Crippen LogP contribution in [0.2, 0.25) is 0 Å². The van der Waals surface area contributed by atoms with Crippen molar-refractivity contribution in [3.05, 3.63) is 35.6 Å². The second-order valence-electron chi connectivity index (χ2n) is 6.40. The first-order valence-corrected chi connectivity index (χ1v) is 7.55. The Kier molecular flexibility index (Phi) is 4.98. The van der Waals surface area contributed by atoms with Gasteiger partial charge in [-0.2, -0.15) is 0 Å². The van der Waals surface area contributed by atoms with Crippen LogP contribution in [0.4, 0.5) is 4.39 Å². The molecule has 0 amide bonds. The molecule has 0 heterocycles. The molecule has 3 atom stereocenters. The quantitative estimate of drug-likeness (QED) is 0.852. The van der Waals surface area contributed by atoms with Gasteiger partial charge in [-0.1, -0.05) is 39.3 Å². The van der Waals surface area contributed by atoms with Gasteiger partial charge in [-0.25, -0.2) is 4.39 Å². The number of halogens is 1.